The lowest BCUT2D eigenvalue weighted by Gasteiger charge is -2.15. The van der Waals surface area contributed by atoms with Gasteiger partial charge in [-0.2, -0.15) is 0 Å². The van der Waals surface area contributed by atoms with Gasteiger partial charge in [0.05, 0.1) is 6.54 Å². The van der Waals surface area contributed by atoms with Gasteiger partial charge in [-0.3, -0.25) is 14.4 Å². The second-order valence-corrected chi connectivity index (χ2v) is 3.71. The van der Waals surface area contributed by atoms with E-state index in [1.54, 1.807) is 0 Å². The molecule has 0 aliphatic carbocycles. The third-order valence-electron chi connectivity index (χ3n) is 2.31. The van der Waals surface area contributed by atoms with Crippen LogP contribution in [0.5, 0.6) is 0 Å². The van der Waals surface area contributed by atoms with Gasteiger partial charge in [-0.25, -0.2) is 0 Å². The van der Waals surface area contributed by atoms with Gasteiger partial charge in [0.1, 0.15) is 6.04 Å². The number of hydrogen-bond acceptors (Lipinski definition) is 3. The Kier molecular flexibility index (Phi) is 5.37. The van der Waals surface area contributed by atoms with Crippen molar-refractivity contribution in [2.24, 2.45) is 5.73 Å². The summed E-state index contributed by atoms with van der Waals surface area (Å²) in [6, 6.07) is 8.42. The van der Waals surface area contributed by atoms with E-state index in [0.29, 0.717) is 12.8 Å². The predicted octanol–water partition coefficient (Wildman–Crippen LogP) is -1.05. The molecule has 0 saturated carbocycles. The lowest BCUT2D eigenvalue weighted by Crippen LogP contribution is -2.48. The molecule has 3 amide bonds. The van der Waals surface area contributed by atoms with Crippen molar-refractivity contribution >= 4 is 18.2 Å². The highest BCUT2D eigenvalue weighted by atomic mass is 16.2. The molecule has 1 aromatic rings. The van der Waals surface area contributed by atoms with Crippen LogP contribution < -0.4 is 16.4 Å². The average molecular weight is 249 g/mol. The SMILES string of the molecule is NC(=O)[C@H](Cc1ccccc1)NC(=O)CNC=O. The molecule has 0 radical (unpaired) electrons. The Labute approximate surface area is 105 Å². The molecule has 0 aliphatic heterocycles. The van der Waals surface area contributed by atoms with Crippen molar-refractivity contribution in [2.75, 3.05) is 6.54 Å². The monoisotopic (exact) mass is 249 g/mol. The summed E-state index contributed by atoms with van der Waals surface area (Å²) in [6.45, 7) is -0.179. The fraction of sp³-hybridized carbons (Fsp3) is 0.250. The van der Waals surface area contributed by atoms with Crippen LogP contribution in [0.2, 0.25) is 0 Å². The Morgan fingerprint density at radius 2 is 1.94 bits per heavy atom. The van der Waals surface area contributed by atoms with Crippen molar-refractivity contribution in [3.05, 3.63) is 35.9 Å². The maximum absolute atomic E-state index is 11.4. The van der Waals surface area contributed by atoms with Gasteiger partial charge in [0.15, 0.2) is 0 Å². The fourth-order valence-corrected chi connectivity index (χ4v) is 1.45. The first-order chi connectivity index (χ1) is 8.63. The van der Waals surface area contributed by atoms with Gasteiger partial charge in [0.25, 0.3) is 0 Å². The molecular weight excluding hydrogens is 234 g/mol. The molecule has 6 nitrogen and oxygen atoms in total. The van der Waals surface area contributed by atoms with E-state index in [4.69, 9.17) is 5.73 Å². The van der Waals surface area contributed by atoms with Gasteiger partial charge in [0.2, 0.25) is 18.2 Å². The molecule has 0 unspecified atom stereocenters. The third kappa shape index (κ3) is 4.65. The van der Waals surface area contributed by atoms with Crippen molar-refractivity contribution in [3.8, 4) is 0 Å². The number of amides is 3. The highest BCUT2D eigenvalue weighted by Crippen LogP contribution is 2.02. The topological polar surface area (TPSA) is 101 Å². The van der Waals surface area contributed by atoms with Crippen LogP contribution in [0.4, 0.5) is 0 Å². The van der Waals surface area contributed by atoms with Gasteiger partial charge < -0.3 is 16.4 Å². The van der Waals surface area contributed by atoms with Gasteiger partial charge in [-0.15, -0.1) is 0 Å². The number of rotatable bonds is 7. The van der Waals surface area contributed by atoms with Gasteiger partial charge >= 0.3 is 0 Å². The zero-order chi connectivity index (χ0) is 13.4. The Bertz CT molecular complexity index is 420. The standard InChI is InChI=1S/C12H15N3O3/c13-12(18)10(15-11(17)7-14-8-16)6-9-4-2-1-3-5-9/h1-5,8,10H,6-7H2,(H2,13,18)(H,14,16)(H,15,17)/t10-/m0/s1. The van der Waals surface area contributed by atoms with Gasteiger partial charge in [-0.1, -0.05) is 30.3 Å². The minimum atomic E-state index is -0.784. The Morgan fingerprint density at radius 1 is 1.28 bits per heavy atom. The Morgan fingerprint density at radius 3 is 2.50 bits per heavy atom. The smallest absolute Gasteiger partial charge is 0.240 e. The molecule has 1 aromatic carbocycles. The largest absolute Gasteiger partial charge is 0.368 e. The summed E-state index contributed by atoms with van der Waals surface area (Å²) in [5.74, 6) is -1.07. The first-order valence-corrected chi connectivity index (χ1v) is 5.43. The minimum Gasteiger partial charge on any atom is -0.368 e. The molecule has 4 N–H and O–H groups in total. The molecule has 0 heterocycles. The van der Waals surface area contributed by atoms with Crippen molar-refractivity contribution in [3.63, 3.8) is 0 Å². The van der Waals surface area contributed by atoms with E-state index in [-0.39, 0.29) is 6.54 Å². The van der Waals surface area contributed by atoms with Gasteiger partial charge in [0, 0.05) is 6.42 Å². The van der Waals surface area contributed by atoms with E-state index in [1.807, 2.05) is 30.3 Å². The highest BCUT2D eigenvalue weighted by molar-refractivity contribution is 5.88. The minimum absolute atomic E-state index is 0.179. The number of carbonyl (C=O) groups excluding carboxylic acids is 3. The second kappa shape index (κ2) is 7.05. The van der Waals surface area contributed by atoms with Crippen LogP contribution in [0.3, 0.4) is 0 Å². The number of hydrogen-bond donors (Lipinski definition) is 3. The molecule has 0 aromatic heterocycles. The molecular formula is C12H15N3O3. The summed E-state index contributed by atoms with van der Waals surface area (Å²) < 4.78 is 0. The number of nitrogens with one attached hydrogen (secondary N) is 2. The van der Waals surface area contributed by atoms with Crippen molar-refractivity contribution in [1.82, 2.24) is 10.6 Å². The van der Waals surface area contributed by atoms with E-state index in [0.717, 1.165) is 5.56 Å². The number of nitrogens with two attached hydrogens (primary N) is 1. The molecule has 96 valence electrons. The molecule has 0 saturated heterocycles. The van der Waals surface area contributed by atoms with Gasteiger partial charge in [-0.05, 0) is 5.56 Å². The van der Waals surface area contributed by atoms with Crippen LogP contribution in [0.1, 0.15) is 5.56 Å². The van der Waals surface area contributed by atoms with Crippen LogP contribution >= 0.6 is 0 Å². The normalized spacial score (nSPS) is 11.3. The number of primary amides is 1. The zero-order valence-corrected chi connectivity index (χ0v) is 9.76. The molecule has 18 heavy (non-hydrogen) atoms. The summed E-state index contributed by atoms with van der Waals surface area (Å²) in [5.41, 5.74) is 6.11. The predicted molar refractivity (Wildman–Crippen MR) is 65.3 cm³/mol. The van der Waals surface area contributed by atoms with Crippen molar-refractivity contribution < 1.29 is 14.4 Å². The molecule has 1 rings (SSSR count). The Hall–Kier alpha value is -2.37. The first-order valence-electron chi connectivity index (χ1n) is 5.43. The summed E-state index contributed by atoms with van der Waals surface area (Å²) >= 11 is 0. The maximum Gasteiger partial charge on any atom is 0.240 e. The van der Waals surface area contributed by atoms with E-state index in [9.17, 15) is 14.4 Å². The van der Waals surface area contributed by atoms with Crippen molar-refractivity contribution in [2.45, 2.75) is 12.5 Å². The van der Waals surface area contributed by atoms with Crippen LogP contribution in [-0.4, -0.2) is 30.8 Å². The second-order valence-electron chi connectivity index (χ2n) is 3.71. The molecule has 0 aliphatic rings. The van der Waals surface area contributed by atoms with E-state index >= 15 is 0 Å². The fourth-order valence-electron chi connectivity index (χ4n) is 1.45. The van der Waals surface area contributed by atoms with E-state index in [2.05, 4.69) is 10.6 Å². The van der Waals surface area contributed by atoms with Crippen LogP contribution in [0, 0.1) is 0 Å². The molecule has 6 heteroatoms. The molecule has 0 spiro atoms. The van der Waals surface area contributed by atoms with Crippen molar-refractivity contribution in [1.29, 1.82) is 0 Å². The summed E-state index contributed by atoms with van der Waals surface area (Å²) in [7, 11) is 0. The van der Waals surface area contributed by atoms with Crippen LogP contribution in [-0.2, 0) is 20.8 Å². The van der Waals surface area contributed by atoms with E-state index < -0.39 is 17.9 Å². The quantitative estimate of drug-likeness (QED) is 0.537. The summed E-state index contributed by atoms with van der Waals surface area (Å²) in [6.07, 6.45) is 0.735. The Balaban J connectivity index is 2.58. The maximum atomic E-state index is 11.4. The number of benzene rings is 1. The van der Waals surface area contributed by atoms with E-state index in [1.165, 1.54) is 0 Å². The highest BCUT2D eigenvalue weighted by Gasteiger charge is 2.18. The zero-order valence-electron chi connectivity index (χ0n) is 9.76. The average Bonchev–Trinajstić information content (AvgIpc) is 2.36. The summed E-state index contributed by atoms with van der Waals surface area (Å²) in [4.78, 5) is 32.6. The molecule has 0 bridgehead atoms. The van der Waals surface area contributed by atoms with Crippen LogP contribution in [0.25, 0.3) is 0 Å². The number of carbonyl (C=O) groups is 3. The first kappa shape index (κ1) is 13.7. The molecule has 1 atom stereocenters. The lowest BCUT2D eigenvalue weighted by atomic mass is 10.1. The molecule has 0 fully saturated rings. The summed E-state index contributed by atoms with van der Waals surface area (Å²) in [5, 5.41) is 4.68. The van der Waals surface area contributed by atoms with Crippen LogP contribution in [0.15, 0.2) is 30.3 Å². The third-order valence-corrected chi connectivity index (χ3v) is 2.31. The lowest BCUT2D eigenvalue weighted by molar-refractivity contribution is -0.127.